The molecule has 0 aliphatic carbocycles. The first-order chi connectivity index (χ1) is 9.97. The monoisotopic (exact) mass is 354 g/mol. The van der Waals surface area contributed by atoms with Gasteiger partial charge in [0.2, 0.25) is 11.8 Å². The molecule has 1 heterocycles. The van der Waals surface area contributed by atoms with Crippen molar-refractivity contribution in [2.75, 3.05) is 13.1 Å². The van der Waals surface area contributed by atoms with E-state index in [4.69, 9.17) is 5.11 Å². The highest BCUT2D eigenvalue weighted by Crippen LogP contribution is 2.15. The third kappa shape index (κ3) is 4.04. The molecular formula is C14H15BrN2O4. The Morgan fingerprint density at radius 3 is 2.86 bits per heavy atom. The number of carbonyl (C=O) groups is 3. The summed E-state index contributed by atoms with van der Waals surface area (Å²) >= 11 is 3.34. The topological polar surface area (TPSA) is 86.7 Å². The van der Waals surface area contributed by atoms with Crippen molar-refractivity contribution in [1.82, 2.24) is 10.2 Å². The smallest absolute Gasteiger partial charge is 0.305 e. The zero-order chi connectivity index (χ0) is 15.4. The summed E-state index contributed by atoms with van der Waals surface area (Å²) in [7, 11) is 0. The highest BCUT2D eigenvalue weighted by Gasteiger charge is 2.34. The van der Waals surface area contributed by atoms with E-state index in [9.17, 15) is 14.4 Å². The molecule has 1 fully saturated rings. The molecule has 0 spiro atoms. The summed E-state index contributed by atoms with van der Waals surface area (Å²) in [4.78, 5) is 36.3. The molecule has 21 heavy (non-hydrogen) atoms. The van der Waals surface area contributed by atoms with E-state index in [0.717, 1.165) is 10.0 Å². The Kier molecular flexibility index (Phi) is 4.95. The van der Waals surface area contributed by atoms with Gasteiger partial charge in [-0.05, 0) is 17.7 Å². The van der Waals surface area contributed by atoms with Gasteiger partial charge in [-0.3, -0.25) is 14.4 Å². The molecule has 0 bridgehead atoms. The van der Waals surface area contributed by atoms with Crippen molar-refractivity contribution in [2.24, 2.45) is 0 Å². The van der Waals surface area contributed by atoms with Gasteiger partial charge in [0.15, 0.2) is 0 Å². The zero-order valence-electron chi connectivity index (χ0n) is 11.2. The Morgan fingerprint density at radius 1 is 1.43 bits per heavy atom. The first-order valence-corrected chi connectivity index (χ1v) is 7.30. The van der Waals surface area contributed by atoms with E-state index in [1.54, 1.807) is 0 Å². The standard InChI is InChI=1S/C14H15BrN2O4/c15-10-3-1-2-9(6-10)7-12(18)17-5-4-16-14(21)11(17)8-13(19)20/h1-3,6,11H,4-5,7-8H2,(H,16,21)(H,19,20). The minimum absolute atomic E-state index is 0.142. The van der Waals surface area contributed by atoms with E-state index in [1.807, 2.05) is 24.3 Å². The van der Waals surface area contributed by atoms with Gasteiger partial charge in [-0.1, -0.05) is 28.1 Å². The molecule has 2 N–H and O–H groups in total. The third-order valence-corrected chi connectivity index (χ3v) is 3.76. The van der Waals surface area contributed by atoms with Gasteiger partial charge in [-0.15, -0.1) is 0 Å². The molecule has 1 aliphatic rings. The number of piperazine rings is 1. The van der Waals surface area contributed by atoms with Gasteiger partial charge >= 0.3 is 5.97 Å². The van der Waals surface area contributed by atoms with Crippen molar-refractivity contribution >= 4 is 33.7 Å². The summed E-state index contributed by atoms with van der Waals surface area (Å²) in [6.45, 7) is 0.676. The maximum Gasteiger partial charge on any atom is 0.305 e. The van der Waals surface area contributed by atoms with E-state index >= 15 is 0 Å². The van der Waals surface area contributed by atoms with Gasteiger partial charge in [-0.25, -0.2) is 0 Å². The molecule has 1 atom stereocenters. The van der Waals surface area contributed by atoms with Crippen molar-refractivity contribution in [3.05, 3.63) is 34.3 Å². The van der Waals surface area contributed by atoms with Crippen LogP contribution in [0.25, 0.3) is 0 Å². The molecule has 112 valence electrons. The molecule has 1 aliphatic heterocycles. The van der Waals surface area contributed by atoms with Crippen LogP contribution < -0.4 is 5.32 Å². The van der Waals surface area contributed by atoms with Crippen LogP contribution in [0.2, 0.25) is 0 Å². The first kappa shape index (κ1) is 15.5. The third-order valence-electron chi connectivity index (χ3n) is 3.26. The maximum absolute atomic E-state index is 12.4. The number of carbonyl (C=O) groups excluding carboxylic acids is 2. The van der Waals surface area contributed by atoms with Crippen LogP contribution in [0.1, 0.15) is 12.0 Å². The molecule has 1 aromatic rings. The number of benzene rings is 1. The van der Waals surface area contributed by atoms with Gasteiger partial charge in [-0.2, -0.15) is 0 Å². The molecule has 0 aromatic heterocycles. The average Bonchev–Trinajstić information content (AvgIpc) is 2.40. The number of carboxylic acid groups (broad SMARTS) is 1. The van der Waals surface area contributed by atoms with Crippen LogP contribution in [0, 0.1) is 0 Å². The molecule has 0 saturated carbocycles. The van der Waals surface area contributed by atoms with Crippen molar-refractivity contribution in [1.29, 1.82) is 0 Å². The number of hydrogen-bond donors (Lipinski definition) is 2. The summed E-state index contributed by atoms with van der Waals surface area (Å²) in [5.41, 5.74) is 0.814. The number of hydrogen-bond acceptors (Lipinski definition) is 3. The van der Waals surface area contributed by atoms with Crippen LogP contribution in [-0.4, -0.2) is 46.9 Å². The number of rotatable bonds is 4. The Bertz CT molecular complexity index is 576. The minimum Gasteiger partial charge on any atom is -0.481 e. The SMILES string of the molecule is O=C(O)CC1C(=O)NCCN1C(=O)Cc1cccc(Br)c1. The second-order valence-corrected chi connectivity index (χ2v) is 5.71. The number of aliphatic carboxylic acids is 1. The zero-order valence-corrected chi connectivity index (χ0v) is 12.8. The van der Waals surface area contributed by atoms with E-state index in [-0.39, 0.29) is 18.7 Å². The van der Waals surface area contributed by atoms with E-state index in [2.05, 4.69) is 21.2 Å². The summed E-state index contributed by atoms with van der Waals surface area (Å²) in [5, 5.41) is 11.5. The number of nitrogens with zero attached hydrogens (tertiary/aromatic N) is 1. The molecule has 1 aromatic carbocycles. The second kappa shape index (κ2) is 6.71. The molecule has 2 rings (SSSR count). The van der Waals surface area contributed by atoms with Crippen LogP contribution in [0.3, 0.4) is 0 Å². The van der Waals surface area contributed by atoms with Crippen LogP contribution in [0.5, 0.6) is 0 Å². The Balaban J connectivity index is 2.11. The lowest BCUT2D eigenvalue weighted by Crippen LogP contribution is -2.58. The largest absolute Gasteiger partial charge is 0.481 e. The molecule has 7 heteroatoms. The lowest BCUT2D eigenvalue weighted by Gasteiger charge is -2.34. The number of amides is 2. The molecule has 2 amide bonds. The van der Waals surface area contributed by atoms with Gasteiger partial charge in [0, 0.05) is 17.6 Å². The quantitative estimate of drug-likeness (QED) is 0.836. The fraction of sp³-hybridized carbons (Fsp3) is 0.357. The van der Waals surface area contributed by atoms with Crippen molar-refractivity contribution in [3.63, 3.8) is 0 Å². The van der Waals surface area contributed by atoms with Crippen LogP contribution >= 0.6 is 15.9 Å². The Hall–Kier alpha value is -1.89. The molecule has 0 radical (unpaired) electrons. The number of carboxylic acids is 1. The van der Waals surface area contributed by atoms with Crippen molar-refractivity contribution < 1.29 is 19.5 Å². The molecule has 1 unspecified atom stereocenters. The van der Waals surface area contributed by atoms with E-state index < -0.39 is 17.9 Å². The highest BCUT2D eigenvalue weighted by molar-refractivity contribution is 9.10. The van der Waals surface area contributed by atoms with Crippen LogP contribution in [-0.2, 0) is 20.8 Å². The summed E-state index contributed by atoms with van der Waals surface area (Å²) < 4.78 is 0.867. The van der Waals surface area contributed by atoms with Crippen LogP contribution in [0.4, 0.5) is 0 Å². The summed E-state index contributed by atoms with van der Waals surface area (Å²) in [5.74, 6) is -1.75. The second-order valence-electron chi connectivity index (χ2n) is 4.80. The van der Waals surface area contributed by atoms with E-state index in [0.29, 0.717) is 13.1 Å². The summed E-state index contributed by atoms with van der Waals surface area (Å²) in [6.07, 6.45) is -0.237. The first-order valence-electron chi connectivity index (χ1n) is 6.51. The molecule has 6 nitrogen and oxygen atoms in total. The Labute approximate surface area is 130 Å². The maximum atomic E-state index is 12.4. The van der Waals surface area contributed by atoms with Gasteiger partial charge in [0.05, 0.1) is 12.8 Å². The highest BCUT2D eigenvalue weighted by atomic mass is 79.9. The Morgan fingerprint density at radius 2 is 2.19 bits per heavy atom. The fourth-order valence-electron chi connectivity index (χ4n) is 2.30. The number of nitrogens with one attached hydrogen (secondary N) is 1. The predicted octanol–water partition coefficient (Wildman–Crippen LogP) is 0.793. The number of halogens is 1. The fourth-order valence-corrected chi connectivity index (χ4v) is 2.75. The van der Waals surface area contributed by atoms with Crippen molar-refractivity contribution in [2.45, 2.75) is 18.9 Å². The molecular weight excluding hydrogens is 340 g/mol. The lowest BCUT2D eigenvalue weighted by atomic mass is 10.1. The van der Waals surface area contributed by atoms with E-state index in [1.165, 1.54) is 4.90 Å². The summed E-state index contributed by atoms with van der Waals surface area (Å²) in [6, 6.07) is 6.39. The minimum atomic E-state index is -1.10. The average molecular weight is 355 g/mol. The van der Waals surface area contributed by atoms with Crippen molar-refractivity contribution in [3.8, 4) is 0 Å². The normalized spacial score (nSPS) is 18.2. The molecule has 1 saturated heterocycles. The van der Waals surface area contributed by atoms with Gasteiger partial charge in [0.1, 0.15) is 6.04 Å². The van der Waals surface area contributed by atoms with Gasteiger partial charge in [0.25, 0.3) is 0 Å². The predicted molar refractivity (Wildman–Crippen MR) is 78.6 cm³/mol. The van der Waals surface area contributed by atoms with Gasteiger partial charge < -0.3 is 15.3 Å². The lowest BCUT2D eigenvalue weighted by molar-refractivity contribution is -0.148. The van der Waals surface area contributed by atoms with Crippen LogP contribution in [0.15, 0.2) is 28.7 Å².